The van der Waals surface area contributed by atoms with Gasteiger partial charge in [-0.3, -0.25) is 4.90 Å². The molecule has 0 radical (unpaired) electrons. The molecule has 0 bridgehead atoms. The molecule has 2 N–H and O–H groups in total. The number of thiazole rings is 1. The molecule has 0 saturated carbocycles. The predicted octanol–water partition coefficient (Wildman–Crippen LogP) is 2.55. The summed E-state index contributed by atoms with van der Waals surface area (Å²) in [5.41, 5.74) is 11.0. The second-order valence-electron chi connectivity index (χ2n) is 4.88. The third-order valence-corrected chi connectivity index (χ3v) is 4.20. The molecule has 5 heteroatoms. The van der Waals surface area contributed by atoms with Crippen LogP contribution in [0.2, 0.25) is 0 Å². The third kappa shape index (κ3) is 3.56. The molecular formula is C15H21N3OS. The van der Waals surface area contributed by atoms with Crippen molar-refractivity contribution in [2.24, 2.45) is 5.73 Å². The molecule has 0 aliphatic heterocycles. The third-order valence-electron chi connectivity index (χ3n) is 3.28. The van der Waals surface area contributed by atoms with E-state index < -0.39 is 0 Å². The average Bonchev–Trinajstić information content (AvgIpc) is 2.84. The van der Waals surface area contributed by atoms with Gasteiger partial charge in [0.05, 0.1) is 18.3 Å². The molecule has 108 valence electrons. The Kier molecular flexibility index (Phi) is 5.11. The summed E-state index contributed by atoms with van der Waals surface area (Å²) in [6.07, 6.45) is 0. The van der Waals surface area contributed by atoms with Gasteiger partial charge in [-0.25, -0.2) is 4.98 Å². The van der Waals surface area contributed by atoms with E-state index in [0.29, 0.717) is 6.54 Å². The normalized spacial score (nSPS) is 11.1. The van der Waals surface area contributed by atoms with Crippen molar-refractivity contribution in [1.82, 2.24) is 9.88 Å². The highest BCUT2D eigenvalue weighted by Gasteiger charge is 2.08. The van der Waals surface area contributed by atoms with Crippen molar-refractivity contribution in [2.45, 2.75) is 26.6 Å². The second kappa shape index (κ2) is 6.83. The minimum atomic E-state index is 0.499. The van der Waals surface area contributed by atoms with Crippen molar-refractivity contribution in [2.75, 3.05) is 14.2 Å². The molecule has 0 fully saturated rings. The molecule has 1 aromatic heterocycles. The van der Waals surface area contributed by atoms with Crippen LogP contribution in [0.4, 0.5) is 0 Å². The van der Waals surface area contributed by atoms with Gasteiger partial charge in [0.25, 0.3) is 0 Å². The SMILES string of the molecule is COc1cc(CN(C)Cc2scnc2C)ccc1CN. The molecule has 0 aliphatic carbocycles. The molecule has 0 amide bonds. The van der Waals surface area contributed by atoms with Gasteiger partial charge >= 0.3 is 0 Å². The fourth-order valence-corrected chi connectivity index (χ4v) is 3.00. The Labute approximate surface area is 124 Å². The lowest BCUT2D eigenvalue weighted by atomic mass is 10.1. The first kappa shape index (κ1) is 15.0. The zero-order valence-electron chi connectivity index (χ0n) is 12.2. The minimum absolute atomic E-state index is 0.499. The molecule has 20 heavy (non-hydrogen) atoms. The maximum atomic E-state index is 5.69. The fraction of sp³-hybridized carbons (Fsp3) is 0.400. The number of benzene rings is 1. The molecule has 2 rings (SSSR count). The molecule has 0 aliphatic rings. The van der Waals surface area contributed by atoms with Crippen LogP contribution in [0.25, 0.3) is 0 Å². The van der Waals surface area contributed by atoms with E-state index in [-0.39, 0.29) is 0 Å². The van der Waals surface area contributed by atoms with Crippen molar-refractivity contribution in [1.29, 1.82) is 0 Å². The molecular weight excluding hydrogens is 270 g/mol. The standard InChI is InChI=1S/C15H21N3OS/c1-11-15(20-10-17-11)9-18(2)8-12-4-5-13(7-16)14(6-12)19-3/h4-6,10H,7-9,16H2,1-3H3. The lowest BCUT2D eigenvalue weighted by molar-refractivity contribution is 0.320. The molecule has 0 saturated heterocycles. The van der Waals surface area contributed by atoms with Gasteiger partial charge in [0.2, 0.25) is 0 Å². The first-order chi connectivity index (χ1) is 9.63. The summed E-state index contributed by atoms with van der Waals surface area (Å²) in [6, 6.07) is 6.22. The van der Waals surface area contributed by atoms with Gasteiger partial charge in [-0.2, -0.15) is 0 Å². The Morgan fingerprint density at radius 3 is 2.75 bits per heavy atom. The van der Waals surface area contributed by atoms with Gasteiger partial charge in [-0.05, 0) is 25.6 Å². The first-order valence-corrected chi connectivity index (χ1v) is 7.45. The Morgan fingerprint density at radius 1 is 1.35 bits per heavy atom. The van der Waals surface area contributed by atoms with Crippen LogP contribution >= 0.6 is 11.3 Å². The predicted molar refractivity (Wildman–Crippen MR) is 82.9 cm³/mol. The van der Waals surface area contributed by atoms with Crippen LogP contribution in [0.15, 0.2) is 23.7 Å². The summed E-state index contributed by atoms with van der Waals surface area (Å²) >= 11 is 1.71. The summed E-state index contributed by atoms with van der Waals surface area (Å²) in [5.74, 6) is 0.868. The highest BCUT2D eigenvalue weighted by atomic mass is 32.1. The van der Waals surface area contributed by atoms with Crippen molar-refractivity contribution in [3.05, 3.63) is 45.4 Å². The van der Waals surface area contributed by atoms with E-state index in [2.05, 4.69) is 36.0 Å². The van der Waals surface area contributed by atoms with E-state index in [1.54, 1.807) is 18.4 Å². The largest absolute Gasteiger partial charge is 0.496 e. The van der Waals surface area contributed by atoms with Crippen LogP contribution in [-0.4, -0.2) is 24.0 Å². The van der Waals surface area contributed by atoms with Crippen LogP contribution in [0.1, 0.15) is 21.7 Å². The van der Waals surface area contributed by atoms with E-state index in [0.717, 1.165) is 30.1 Å². The minimum Gasteiger partial charge on any atom is -0.496 e. The molecule has 0 spiro atoms. The summed E-state index contributed by atoms with van der Waals surface area (Å²) in [5, 5.41) is 0. The van der Waals surface area contributed by atoms with Crippen LogP contribution in [0, 0.1) is 6.92 Å². The van der Waals surface area contributed by atoms with Crippen molar-refractivity contribution in [3.8, 4) is 5.75 Å². The number of hydrogen-bond acceptors (Lipinski definition) is 5. The number of nitrogens with zero attached hydrogens (tertiary/aromatic N) is 2. The zero-order valence-corrected chi connectivity index (χ0v) is 13.0. The Morgan fingerprint density at radius 2 is 2.15 bits per heavy atom. The molecule has 2 aromatic rings. The quantitative estimate of drug-likeness (QED) is 0.888. The Balaban J connectivity index is 2.04. The molecule has 0 unspecified atom stereocenters. The van der Waals surface area contributed by atoms with Crippen molar-refractivity contribution >= 4 is 11.3 Å². The van der Waals surface area contributed by atoms with E-state index in [4.69, 9.17) is 10.5 Å². The Hall–Kier alpha value is -1.43. The molecule has 0 atom stereocenters. The summed E-state index contributed by atoms with van der Waals surface area (Å²) in [6.45, 7) is 4.34. The maximum absolute atomic E-state index is 5.69. The van der Waals surface area contributed by atoms with Gasteiger partial charge < -0.3 is 10.5 Å². The number of rotatable bonds is 6. The van der Waals surface area contributed by atoms with Gasteiger partial charge in [0, 0.05) is 30.1 Å². The number of methoxy groups -OCH3 is 1. The summed E-state index contributed by atoms with van der Waals surface area (Å²) in [7, 11) is 3.80. The van der Waals surface area contributed by atoms with Crippen LogP contribution in [-0.2, 0) is 19.6 Å². The molecule has 1 heterocycles. The number of ether oxygens (including phenoxy) is 1. The van der Waals surface area contributed by atoms with E-state index in [9.17, 15) is 0 Å². The van der Waals surface area contributed by atoms with Gasteiger partial charge in [-0.1, -0.05) is 12.1 Å². The van der Waals surface area contributed by atoms with E-state index >= 15 is 0 Å². The average molecular weight is 291 g/mol. The van der Waals surface area contributed by atoms with Crippen LogP contribution in [0.5, 0.6) is 5.75 Å². The molecule has 4 nitrogen and oxygen atoms in total. The van der Waals surface area contributed by atoms with Crippen LogP contribution in [0.3, 0.4) is 0 Å². The van der Waals surface area contributed by atoms with E-state index in [1.165, 1.54) is 10.4 Å². The lowest BCUT2D eigenvalue weighted by Crippen LogP contribution is -2.17. The monoisotopic (exact) mass is 291 g/mol. The fourth-order valence-electron chi connectivity index (χ4n) is 2.15. The van der Waals surface area contributed by atoms with Crippen LogP contribution < -0.4 is 10.5 Å². The number of hydrogen-bond donors (Lipinski definition) is 1. The van der Waals surface area contributed by atoms with Crippen molar-refractivity contribution < 1.29 is 4.74 Å². The topological polar surface area (TPSA) is 51.4 Å². The van der Waals surface area contributed by atoms with Crippen molar-refractivity contribution in [3.63, 3.8) is 0 Å². The lowest BCUT2D eigenvalue weighted by Gasteiger charge is -2.17. The van der Waals surface area contributed by atoms with Gasteiger partial charge in [0.1, 0.15) is 5.75 Å². The van der Waals surface area contributed by atoms with Gasteiger partial charge in [0.15, 0.2) is 0 Å². The van der Waals surface area contributed by atoms with E-state index in [1.807, 2.05) is 11.6 Å². The highest BCUT2D eigenvalue weighted by Crippen LogP contribution is 2.21. The first-order valence-electron chi connectivity index (χ1n) is 6.57. The zero-order chi connectivity index (χ0) is 14.5. The molecule has 1 aromatic carbocycles. The highest BCUT2D eigenvalue weighted by molar-refractivity contribution is 7.09. The van der Waals surface area contributed by atoms with Gasteiger partial charge in [-0.15, -0.1) is 11.3 Å². The number of nitrogens with two attached hydrogens (primary N) is 1. The summed E-state index contributed by atoms with van der Waals surface area (Å²) < 4.78 is 5.38. The summed E-state index contributed by atoms with van der Waals surface area (Å²) in [4.78, 5) is 7.88. The smallest absolute Gasteiger partial charge is 0.123 e. The Bertz CT molecular complexity index is 568. The number of aromatic nitrogens is 1. The maximum Gasteiger partial charge on any atom is 0.123 e. The second-order valence-corrected chi connectivity index (χ2v) is 5.82. The number of aryl methyl sites for hydroxylation is 1.